The van der Waals surface area contributed by atoms with E-state index in [-0.39, 0.29) is 5.60 Å². The molecule has 1 heterocycles. The molecular weight excluding hydrogens is 188 g/mol. The number of hydrogen-bond donors (Lipinski definition) is 1. The summed E-state index contributed by atoms with van der Waals surface area (Å²) in [7, 11) is 0. The minimum Gasteiger partial charge on any atom is -0.373 e. The first-order chi connectivity index (χ1) is 6.96. The van der Waals surface area contributed by atoms with Crippen LogP contribution in [0.3, 0.4) is 0 Å². The van der Waals surface area contributed by atoms with E-state index in [4.69, 9.17) is 4.74 Å². The smallest absolute Gasteiger partial charge is 0.0753 e. The third kappa shape index (κ3) is 3.74. The first kappa shape index (κ1) is 12.9. The fourth-order valence-electron chi connectivity index (χ4n) is 2.21. The molecule has 1 aliphatic rings. The van der Waals surface area contributed by atoms with Crippen molar-refractivity contribution < 1.29 is 4.74 Å². The molecule has 1 saturated heterocycles. The van der Waals surface area contributed by atoms with E-state index < -0.39 is 0 Å². The molecule has 3 heteroatoms. The van der Waals surface area contributed by atoms with Gasteiger partial charge in [0.15, 0.2) is 0 Å². The predicted octanol–water partition coefficient (Wildman–Crippen LogP) is 1.48. The monoisotopic (exact) mass is 214 g/mol. The van der Waals surface area contributed by atoms with E-state index in [2.05, 4.69) is 44.8 Å². The first-order valence-corrected chi connectivity index (χ1v) is 6.07. The van der Waals surface area contributed by atoms with Crippen molar-refractivity contribution >= 4 is 0 Å². The second-order valence-corrected chi connectivity index (χ2v) is 5.17. The van der Waals surface area contributed by atoms with Gasteiger partial charge in [0.05, 0.1) is 12.2 Å². The topological polar surface area (TPSA) is 24.5 Å². The molecule has 1 rings (SSSR count). The fraction of sp³-hybridized carbons (Fsp3) is 1.00. The van der Waals surface area contributed by atoms with E-state index >= 15 is 0 Å². The Morgan fingerprint density at radius 3 is 2.60 bits per heavy atom. The van der Waals surface area contributed by atoms with E-state index in [1.54, 1.807) is 0 Å². The molecule has 2 atom stereocenters. The highest BCUT2D eigenvalue weighted by Crippen LogP contribution is 2.19. The number of morpholine rings is 1. The Morgan fingerprint density at radius 2 is 2.07 bits per heavy atom. The van der Waals surface area contributed by atoms with Crippen LogP contribution in [0.5, 0.6) is 0 Å². The average molecular weight is 214 g/mol. The van der Waals surface area contributed by atoms with Gasteiger partial charge in [-0.2, -0.15) is 0 Å². The SMILES string of the molecule is CCNC(C)C(C)N1CCOC(C)(C)C1. The molecule has 1 fully saturated rings. The quantitative estimate of drug-likeness (QED) is 0.767. The summed E-state index contributed by atoms with van der Waals surface area (Å²) < 4.78 is 5.72. The minimum atomic E-state index is 0.0123. The van der Waals surface area contributed by atoms with Gasteiger partial charge in [-0.05, 0) is 34.2 Å². The fourth-order valence-corrected chi connectivity index (χ4v) is 2.21. The van der Waals surface area contributed by atoms with E-state index in [1.807, 2.05) is 0 Å². The molecule has 1 N–H and O–H groups in total. The molecule has 90 valence electrons. The average Bonchev–Trinajstić information content (AvgIpc) is 2.15. The van der Waals surface area contributed by atoms with E-state index in [1.165, 1.54) is 0 Å². The third-order valence-electron chi connectivity index (χ3n) is 3.28. The Morgan fingerprint density at radius 1 is 1.40 bits per heavy atom. The van der Waals surface area contributed by atoms with E-state index in [9.17, 15) is 0 Å². The van der Waals surface area contributed by atoms with Crippen LogP contribution in [-0.4, -0.2) is 48.8 Å². The van der Waals surface area contributed by atoms with Crippen LogP contribution in [0.15, 0.2) is 0 Å². The molecule has 0 saturated carbocycles. The van der Waals surface area contributed by atoms with Gasteiger partial charge >= 0.3 is 0 Å². The summed E-state index contributed by atoms with van der Waals surface area (Å²) in [4.78, 5) is 2.52. The predicted molar refractivity (Wildman–Crippen MR) is 64.2 cm³/mol. The van der Waals surface area contributed by atoms with Gasteiger partial charge in [0, 0.05) is 25.2 Å². The van der Waals surface area contributed by atoms with Gasteiger partial charge in [0.25, 0.3) is 0 Å². The molecule has 0 aromatic heterocycles. The van der Waals surface area contributed by atoms with E-state index in [0.717, 1.165) is 26.2 Å². The zero-order chi connectivity index (χ0) is 11.5. The van der Waals surface area contributed by atoms with Crippen LogP contribution in [0.1, 0.15) is 34.6 Å². The largest absolute Gasteiger partial charge is 0.373 e. The maximum Gasteiger partial charge on any atom is 0.0753 e. The molecule has 0 radical (unpaired) electrons. The van der Waals surface area contributed by atoms with Crippen molar-refractivity contribution in [2.75, 3.05) is 26.2 Å². The molecule has 2 unspecified atom stereocenters. The number of hydrogen-bond acceptors (Lipinski definition) is 3. The lowest BCUT2D eigenvalue weighted by atomic mass is 10.0. The molecule has 0 spiro atoms. The molecule has 1 aliphatic heterocycles. The second kappa shape index (κ2) is 5.28. The molecule has 3 nitrogen and oxygen atoms in total. The van der Waals surface area contributed by atoms with Gasteiger partial charge in [-0.1, -0.05) is 6.92 Å². The number of nitrogens with one attached hydrogen (secondary N) is 1. The highest BCUT2D eigenvalue weighted by atomic mass is 16.5. The Labute approximate surface area is 94.2 Å². The van der Waals surface area contributed by atoms with Crippen molar-refractivity contribution in [3.05, 3.63) is 0 Å². The van der Waals surface area contributed by atoms with Crippen LogP contribution in [0.25, 0.3) is 0 Å². The number of nitrogens with zero attached hydrogens (tertiary/aromatic N) is 1. The highest BCUT2D eigenvalue weighted by molar-refractivity contribution is 4.85. The van der Waals surface area contributed by atoms with Crippen molar-refractivity contribution in [3.63, 3.8) is 0 Å². The number of ether oxygens (including phenoxy) is 1. The lowest BCUT2D eigenvalue weighted by Gasteiger charge is -2.43. The maximum atomic E-state index is 5.72. The summed E-state index contributed by atoms with van der Waals surface area (Å²) in [6, 6.07) is 1.12. The van der Waals surface area contributed by atoms with Gasteiger partial charge in [0.1, 0.15) is 0 Å². The summed E-state index contributed by atoms with van der Waals surface area (Å²) >= 11 is 0. The summed E-state index contributed by atoms with van der Waals surface area (Å²) in [5.41, 5.74) is 0.0123. The Bertz CT molecular complexity index is 194. The van der Waals surface area contributed by atoms with Gasteiger partial charge in [-0.15, -0.1) is 0 Å². The summed E-state index contributed by atoms with van der Waals surface area (Å²) in [6.45, 7) is 15.0. The van der Waals surface area contributed by atoms with Crippen molar-refractivity contribution in [2.24, 2.45) is 0 Å². The summed E-state index contributed by atoms with van der Waals surface area (Å²) in [6.07, 6.45) is 0. The van der Waals surface area contributed by atoms with Crippen molar-refractivity contribution in [2.45, 2.75) is 52.3 Å². The highest BCUT2D eigenvalue weighted by Gasteiger charge is 2.31. The Kier molecular flexibility index (Phi) is 4.56. The summed E-state index contributed by atoms with van der Waals surface area (Å²) in [5.74, 6) is 0. The standard InChI is InChI=1S/C12H26N2O/c1-6-13-10(2)11(3)14-7-8-15-12(4,5)9-14/h10-11,13H,6-9H2,1-5H3. The van der Waals surface area contributed by atoms with E-state index in [0.29, 0.717) is 12.1 Å². The molecule has 0 aromatic carbocycles. The van der Waals surface area contributed by atoms with Crippen molar-refractivity contribution in [3.8, 4) is 0 Å². The molecule has 0 amide bonds. The Balaban J connectivity index is 2.48. The van der Waals surface area contributed by atoms with Crippen LogP contribution in [0, 0.1) is 0 Å². The van der Waals surface area contributed by atoms with Crippen LogP contribution in [0.2, 0.25) is 0 Å². The zero-order valence-corrected chi connectivity index (χ0v) is 10.8. The number of likely N-dealkylation sites (N-methyl/N-ethyl adjacent to an activating group) is 1. The molecule has 15 heavy (non-hydrogen) atoms. The first-order valence-electron chi connectivity index (χ1n) is 6.07. The minimum absolute atomic E-state index is 0.0123. The Hall–Kier alpha value is -0.120. The summed E-state index contributed by atoms with van der Waals surface area (Å²) in [5, 5.41) is 3.49. The van der Waals surface area contributed by atoms with Gasteiger partial charge < -0.3 is 10.1 Å². The van der Waals surface area contributed by atoms with Gasteiger partial charge in [0.2, 0.25) is 0 Å². The molecular formula is C12H26N2O. The normalized spacial score (nSPS) is 26.2. The molecule has 0 aliphatic carbocycles. The zero-order valence-electron chi connectivity index (χ0n) is 10.8. The van der Waals surface area contributed by atoms with Crippen LogP contribution in [0.4, 0.5) is 0 Å². The lowest BCUT2D eigenvalue weighted by molar-refractivity contribution is -0.0978. The van der Waals surface area contributed by atoms with Crippen LogP contribution >= 0.6 is 0 Å². The second-order valence-electron chi connectivity index (χ2n) is 5.17. The van der Waals surface area contributed by atoms with Crippen LogP contribution in [-0.2, 0) is 4.74 Å². The van der Waals surface area contributed by atoms with Crippen LogP contribution < -0.4 is 5.32 Å². The maximum absolute atomic E-state index is 5.72. The van der Waals surface area contributed by atoms with Crippen molar-refractivity contribution in [1.82, 2.24) is 10.2 Å². The third-order valence-corrected chi connectivity index (χ3v) is 3.28. The number of rotatable bonds is 4. The lowest BCUT2D eigenvalue weighted by Crippen LogP contribution is -2.56. The van der Waals surface area contributed by atoms with Crippen molar-refractivity contribution in [1.29, 1.82) is 0 Å². The van der Waals surface area contributed by atoms with Gasteiger partial charge in [-0.25, -0.2) is 0 Å². The molecule has 0 bridgehead atoms. The van der Waals surface area contributed by atoms with Gasteiger partial charge in [-0.3, -0.25) is 4.90 Å². The molecule has 0 aromatic rings.